The van der Waals surface area contributed by atoms with E-state index in [2.05, 4.69) is 4.98 Å². The van der Waals surface area contributed by atoms with E-state index < -0.39 is 77.5 Å². The highest BCUT2D eigenvalue weighted by Crippen LogP contribution is 2.39. The lowest BCUT2D eigenvalue weighted by molar-refractivity contribution is -0.284. The predicted octanol–water partition coefficient (Wildman–Crippen LogP) is 4.09. The van der Waals surface area contributed by atoms with Gasteiger partial charge in [0.2, 0.25) is 0 Å². The zero-order valence-electron chi connectivity index (χ0n) is 29.5. The normalized spacial score (nSPS) is 39.5. The van der Waals surface area contributed by atoms with E-state index in [4.69, 9.17) is 28.4 Å². The lowest BCUT2D eigenvalue weighted by atomic mass is 9.77. The van der Waals surface area contributed by atoms with Crippen molar-refractivity contribution in [1.82, 2.24) is 14.5 Å². The van der Waals surface area contributed by atoms with Crippen LogP contribution in [0.2, 0.25) is 0 Å². The number of rotatable bonds is 5. The number of Topliss-reactive ketones (excluding diaryl/α,β-unsaturated/α-hetero) is 2. The summed E-state index contributed by atoms with van der Waals surface area (Å²) in [5.74, 6) is -4.50. The first-order valence-electron chi connectivity index (χ1n) is 16.4. The van der Waals surface area contributed by atoms with Crippen molar-refractivity contribution in [2.45, 2.75) is 123 Å². The summed E-state index contributed by atoms with van der Waals surface area (Å²) in [6.45, 7) is 13.3. The molecular formula is C34H49N3O11. The van der Waals surface area contributed by atoms with Crippen LogP contribution < -0.4 is 0 Å². The van der Waals surface area contributed by atoms with Gasteiger partial charge in [0, 0.05) is 38.4 Å². The van der Waals surface area contributed by atoms with Gasteiger partial charge in [-0.25, -0.2) is 19.1 Å². The summed E-state index contributed by atoms with van der Waals surface area (Å²) in [6.07, 6.45) is 0.906. The van der Waals surface area contributed by atoms with Gasteiger partial charge in [0.15, 0.2) is 29.6 Å². The minimum absolute atomic E-state index is 0.105. The van der Waals surface area contributed by atoms with Crippen LogP contribution in [-0.2, 0) is 42.8 Å². The van der Waals surface area contributed by atoms with Gasteiger partial charge in [0.05, 0.1) is 23.9 Å². The molecule has 1 amide bonds. The number of amides is 1. The molecule has 48 heavy (non-hydrogen) atoms. The third-order valence-corrected chi connectivity index (χ3v) is 9.98. The summed E-state index contributed by atoms with van der Waals surface area (Å²) in [7, 11) is 3.11. The van der Waals surface area contributed by atoms with Crippen LogP contribution in [0.4, 0.5) is 9.59 Å². The molecule has 14 heteroatoms. The number of nitrogens with zero attached hydrogens (tertiary/aromatic N) is 3. The number of fused-ring (bicyclic) bond motifs is 1. The fourth-order valence-electron chi connectivity index (χ4n) is 7.12. The molecule has 0 radical (unpaired) electrons. The number of ether oxygens (including phenoxy) is 6. The molecule has 1 aromatic heterocycles. The standard InChI is InChI=1S/C34H49N3O11/c1-11-24-33(7,48-32(42)37-13-12-35-17-37)15-18(2)25(38)19(3)16-34(8,43-10)28(21(5)26(39)22(6)29(40)45-24)47-30-27-23(14-20(4)44-30)36(9)31(41)46-27/h12-13,15,17,19-24,27-28,30H,11,14,16H2,1-10H3/b18-15+/t19-,20-,21+,22-,23+,24-,27?,28-,30?,33+,34-/m1/s1. The van der Waals surface area contributed by atoms with Crippen LogP contribution in [0.15, 0.2) is 30.4 Å². The first-order chi connectivity index (χ1) is 22.5. The highest BCUT2D eigenvalue weighted by molar-refractivity contribution is 6.00. The topological polar surface area (TPSA) is 162 Å². The van der Waals surface area contributed by atoms with Crippen LogP contribution in [0, 0.1) is 17.8 Å². The van der Waals surface area contributed by atoms with Crippen molar-refractivity contribution < 1.29 is 52.4 Å². The Labute approximate surface area is 281 Å². The van der Waals surface area contributed by atoms with Crippen LogP contribution in [0.25, 0.3) is 0 Å². The molecule has 4 heterocycles. The van der Waals surface area contributed by atoms with E-state index in [1.165, 1.54) is 43.7 Å². The summed E-state index contributed by atoms with van der Waals surface area (Å²) in [4.78, 5) is 72.7. The number of methoxy groups -OCH3 is 1. The van der Waals surface area contributed by atoms with Crippen LogP contribution in [0.5, 0.6) is 0 Å². The van der Waals surface area contributed by atoms with Gasteiger partial charge in [-0.2, -0.15) is 0 Å². The second kappa shape index (κ2) is 14.5. The van der Waals surface area contributed by atoms with E-state index in [1.807, 2.05) is 6.92 Å². The molecule has 3 aliphatic heterocycles. The van der Waals surface area contributed by atoms with Gasteiger partial charge in [0.1, 0.15) is 18.3 Å². The Kier molecular flexibility index (Phi) is 11.2. The van der Waals surface area contributed by atoms with Crippen molar-refractivity contribution in [2.24, 2.45) is 17.8 Å². The second-order valence-corrected chi connectivity index (χ2v) is 13.7. The fraction of sp³-hybridized carbons (Fsp3) is 0.706. The number of cyclic esters (lactones) is 1. The molecule has 2 unspecified atom stereocenters. The van der Waals surface area contributed by atoms with E-state index in [-0.39, 0.29) is 36.3 Å². The molecule has 0 aromatic carbocycles. The van der Waals surface area contributed by atoms with Crippen LogP contribution >= 0.6 is 0 Å². The maximum Gasteiger partial charge on any atom is 0.420 e. The van der Waals surface area contributed by atoms with Gasteiger partial charge in [0.25, 0.3) is 0 Å². The number of esters is 1. The molecular weight excluding hydrogens is 626 g/mol. The van der Waals surface area contributed by atoms with Gasteiger partial charge in [-0.05, 0) is 65.5 Å². The van der Waals surface area contributed by atoms with E-state index in [0.29, 0.717) is 6.42 Å². The summed E-state index contributed by atoms with van der Waals surface area (Å²) in [5.41, 5.74) is -2.58. The van der Waals surface area contributed by atoms with Crippen LogP contribution in [-0.4, -0.2) is 106 Å². The number of hydrogen-bond donors (Lipinski definition) is 0. The summed E-state index contributed by atoms with van der Waals surface area (Å²) >= 11 is 0. The van der Waals surface area contributed by atoms with Crippen molar-refractivity contribution in [2.75, 3.05) is 14.2 Å². The largest absolute Gasteiger partial charge is 0.457 e. The lowest BCUT2D eigenvalue weighted by Gasteiger charge is -2.45. The molecule has 0 bridgehead atoms. The van der Waals surface area contributed by atoms with Gasteiger partial charge >= 0.3 is 18.2 Å². The van der Waals surface area contributed by atoms with Gasteiger partial charge < -0.3 is 33.3 Å². The third-order valence-electron chi connectivity index (χ3n) is 9.98. The zero-order valence-corrected chi connectivity index (χ0v) is 29.5. The average molecular weight is 676 g/mol. The number of imidazole rings is 1. The first kappa shape index (κ1) is 37.2. The summed E-state index contributed by atoms with van der Waals surface area (Å²) in [6, 6.07) is -0.310. The smallest absolute Gasteiger partial charge is 0.420 e. The number of carbonyl (C=O) groups is 5. The molecule has 1 aromatic rings. The number of likely N-dealkylation sites (N-methyl/N-ethyl adjacent to an activating group) is 1. The number of allylic oxidation sites excluding steroid dienone is 1. The number of hydrogen-bond acceptors (Lipinski definition) is 12. The van der Waals surface area contributed by atoms with Crippen molar-refractivity contribution in [3.8, 4) is 0 Å². The Morgan fingerprint density at radius 3 is 2.40 bits per heavy atom. The third kappa shape index (κ3) is 7.35. The molecule has 0 saturated carbocycles. The highest BCUT2D eigenvalue weighted by atomic mass is 16.7. The maximum absolute atomic E-state index is 14.1. The molecule has 266 valence electrons. The average Bonchev–Trinajstić information content (AvgIpc) is 3.68. The number of aromatic nitrogens is 2. The maximum atomic E-state index is 14.1. The van der Waals surface area contributed by atoms with Gasteiger partial charge in [-0.3, -0.25) is 14.4 Å². The molecule has 0 spiro atoms. The van der Waals surface area contributed by atoms with E-state index in [9.17, 15) is 24.0 Å². The molecule has 4 rings (SSSR count). The molecule has 0 N–H and O–H groups in total. The molecule has 14 nitrogen and oxygen atoms in total. The SMILES string of the molecule is CC[C@H]1OC(=O)[C@H](C)C(=O)[C@H](C)[C@@H](OC2O[C@H](C)C[C@H]3C2OC(=O)N3C)[C@](C)(OC)C[C@@H](C)C(=O)/C(C)=C/[C@]1(C)OC(=O)n1ccnc1. The Morgan fingerprint density at radius 1 is 1.10 bits per heavy atom. The van der Waals surface area contributed by atoms with Crippen molar-refractivity contribution in [3.63, 3.8) is 0 Å². The Bertz CT molecular complexity index is 1410. The molecule has 2 fully saturated rings. The number of carbonyl (C=O) groups excluding carboxylic acids is 5. The summed E-state index contributed by atoms with van der Waals surface area (Å²) in [5, 5.41) is 0. The first-order valence-corrected chi connectivity index (χ1v) is 16.4. The van der Waals surface area contributed by atoms with E-state index >= 15 is 0 Å². The Hall–Kier alpha value is -3.62. The van der Waals surface area contributed by atoms with Crippen molar-refractivity contribution in [3.05, 3.63) is 30.4 Å². The minimum atomic E-state index is -1.59. The molecule has 2 saturated heterocycles. The predicted molar refractivity (Wildman–Crippen MR) is 170 cm³/mol. The van der Waals surface area contributed by atoms with E-state index in [0.717, 1.165) is 4.57 Å². The minimum Gasteiger partial charge on any atom is -0.457 e. The van der Waals surface area contributed by atoms with Gasteiger partial charge in [-0.15, -0.1) is 0 Å². The van der Waals surface area contributed by atoms with Crippen molar-refractivity contribution in [1.29, 1.82) is 0 Å². The monoisotopic (exact) mass is 675 g/mol. The van der Waals surface area contributed by atoms with E-state index in [1.54, 1.807) is 48.6 Å². The van der Waals surface area contributed by atoms with Crippen molar-refractivity contribution >= 4 is 29.7 Å². The Balaban J connectivity index is 1.76. The highest BCUT2D eigenvalue weighted by Gasteiger charge is 2.54. The molecule has 11 atom stereocenters. The molecule has 3 aliphatic rings. The second-order valence-electron chi connectivity index (χ2n) is 13.7. The Morgan fingerprint density at radius 2 is 1.79 bits per heavy atom. The van der Waals surface area contributed by atoms with Crippen LogP contribution in [0.3, 0.4) is 0 Å². The van der Waals surface area contributed by atoms with Crippen LogP contribution in [0.1, 0.15) is 74.7 Å². The quantitative estimate of drug-likeness (QED) is 0.250. The lowest BCUT2D eigenvalue weighted by Crippen LogP contribution is -2.57. The number of ketones is 2. The summed E-state index contributed by atoms with van der Waals surface area (Å²) < 4.78 is 37.3. The molecule has 0 aliphatic carbocycles. The fourth-order valence-corrected chi connectivity index (χ4v) is 7.12. The van der Waals surface area contributed by atoms with Gasteiger partial charge in [-0.1, -0.05) is 20.8 Å². The zero-order chi connectivity index (χ0) is 35.7.